The molecule has 2 heterocycles. The Morgan fingerprint density at radius 2 is 1.69 bits per heavy atom. The zero-order valence-electron chi connectivity index (χ0n) is 8.43. The minimum Gasteiger partial charge on any atom is -0.285 e. The van der Waals surface area contributed by atoms with Gasteiger partial charge in [0.05, 0.1) is 23.9 Å². The highest BCUT2D eigenvalue weighted by Gasteiger charge is 2.27. The SMILES string of the molecule is O=S1Cc2cc3c(cc2CO1)CS(=O)(=O)C3. The van der Waals surface area contributed by atoms with Gasteiger partial charge in [0, 0.05) is 0 Å². The van der Waals surface area contributed by atoms with Crippen molar-refractivity contribution in [2.45, 2.75) is 23.9 Å². The first-order valence-electron chi connectivity index (χ1n) is 4.89. The molecule has 0 bridgehead atoms. The minimum absolute atomic E-state index is 0.114. The molecule has 3 rings (SSSR count). The van der Waals surface area contributed by atoms with Gasteiger partial charge in [-0.1, -0.05) is 12.1 Å². The van der Waals surface area contributed by atoms with Crippen molar-refractivity contribution in [3.8, 4) is 0 Å². The van der Waals surface area contributed by atoms with E-state index in [9.17, 15) is 12.6 Å². The predicted molar refractivity (Wildman–Crippen MR) is 59.4 cm³/mol. The van der Waals surface area contributed by atoms with E-state index >= 15 is 0 Å². The van der Waals surface area contributed by atoms with Gasteiger partial charge in [-0.25, -0.2) is 12.6 Å². The third-order valence-electron chi connectivity index (χ3n) is 2.89. The van der Waals surface area contributed by atoms with Crippen LogP contribution in [0, 0.1) is 0 Å². The zero-order chi connectivity index (χ0) is 11.3. The van der Waals surface area contributed by atoms with E-state index in [-0.39, 0.29) is 11.5 Å². The van der Waals surface area contributed by atoms with Gasteiger partial charge in [-0.3, -0.25) is 4.18 Å². The molecule has 0 spiro atoms. The van der Waals surface area contributed by atoms with Gasteiger partial charge in [0.2, 0.25) is 0 Å². The van der Waals surface area contributed by atoms with E-state index in [2.05, 4.69) is 0 Å². The van der Waals surface area contributed by atoms with Crippen LogP contribution >= 0.6 is 0 Å². The maximum atomic E-state index is 11.5. The Kier molecular flexibility index (Phi) is 2.21. The topological polar surface area (TPSA) is 60.4 Å². The van der Waals surface area contributed by atoms with Crippen molar-refractivity contribution in [3.05, 3.63) is 34.4 Å². The summed E-state index contributed by atoms with van der Waals surface area (Å²) in [6, 6.07) is 3.75. The van der Waals surface area contributed by atoms with E-state index in [1.165, 1.54) is 0 Å². The minimum atomic E-state index is -2.97. The molecule has 0 saturated carbocycles. The second-order valence-electron chi connectivity index (χ2n) is 4.13. The van der Waals surface area contributed by atoms with Crippen LogP contribution in [0.1, 0.15) is 22.3 Å². The van der Waals surface area contributed by atoms with Crippen LogP contribution in [0.5, 0.6) is 0 Å². The lowest BCUT2D eigenvalue weighted by Crippen LogP contribution is -2.11. The molecule has 4 nitrogen and oxygen atoms in total. The van der Waals surface area contributed by atoms with Gasteiger partial charge in [-0.05, 0) is 22.3 Å². The second-order valence-corrected chi connectivity index (χ2v) is 7.33. The third-order valence-corrected chi connectivity index (χ3v) is 5.32. The van der Waals surface area contributed by atoms with Crippen molar-refractivity contribution in [1.29, 1.82) is 0 Å². The summed E-state index contributed by atoms with van der Waals surface area (Å²) in [5, 5.41) is 0. The second kappa shape index (κ2) is 3.38. The molecule has 6 heteroatoms. The predicted octanol–water partition coefficient (Wildman–Crippen LogP) is 0.809. The molecule has 0 fully saturated rings. The molecular weight excluding hydrogens is 248 g/mol. The number of hydrogen-bond acceptors (Lipinski definition) is 4. The number of rotatable bonds is 0. The summed E-state index contributed by atoms with van der Waals surface area (Å²) in [6.07, 6.45) is 0. The molecular formula is C10H10O4S2. The molecule has 2 aliphatic rings. The average molecular weight is 258 g/mol. The highest BCUT2D eigenvalue weighted by molar-refractivity contribution is 7.90. The standard InChI is InChI=1S/C10H10O4S2/c11-15-4-8-2-10-6-16(12,13)5-9(10)1-7(8)3-14-15/h1-2H,3-6H2. The zero-order valence-corrected chi connectivity index (χ0v) is 10.1. The van der Waals surface area contributed by atoms with Gasteiger partial charge in [-0.15, -0.1) is 0 Å². The normalized spacial score (nSPS) is 26.1. The molecule has 1 aromatic carbocycles. The van der Waals surface area contributed by atoms with Gasteiger partial charge in [0.1, 0.15) is 0 Å². The van der Waals surface area contributed by atoms with Gasteiger partial charge in [-0.2, -0.15) is 0 Å². The highest BCUT2D eigenvalue weighted by Crippen LogP contribution is 2.30. The van der Waals surface area contributed by atoms with Crippen LogP contribution in [0.4, 0.5) is 0 Å². The fourth-order valence-electron chi connectivity index (χ4n) is 2.15. The number of benzene rings is 1. The summed E-state index contributed by atoms with van der Waals surface area (Å²) in [4.78, 5) is 0. The number of hydrogen-bond donors (Lipinski definition) is 0. The van der Waals surface area contributed by atoms with Crippen LogP contribution in [-0.2, 0) is 49.0 Å². The van der Waals surface area contributed by atoms with E-state index < -0.39 is 20.9 Å². The Labute approximate surface area is 96.2 Å². The Morgan fingerprint density at radius 1 is 1.06 bits per heavy atom. The molecule has 0 amide bonds. The van der Waals surface area contributed by atoms with Crippen LogP contribution in [0.3, 0.4) is 0 Å². The lowest BCUT2D eigenvalue weighted by Gasteiger charge is -2.16. The Morgan fingerprint density at radius 3 is 2.38 bits per heavy atom. The molecule has 1 atom stereocenters. The van der Waals surface area contributed by atoms with Crippen molar-refractivity contribution in [1.82, 2.24) is 0 Å². The van der Waals surface area contributed by atoms with Gasteiger partial charge >= 0.3 is 0 Å². The lowest BCUT2D eigenvalue weighted by atomic mass is 10.0. The Hall–Kier alpha value is -0.720. The summed E-state index contributed by atoms with van der Waals surface area (Å²) >= 11 is -1.27. The van der Waals surface area contributed by atoms with E-state index in [1.807, 2.05) is 12.1 Å². The highest BCUT2D eigenvalue weighted by atomic mass is 32.2. The molecule has 16 heavy (non-hydrogen) atoms. The van der Waals surface area contributed by atoms with Gasteiger partial charge in [0.25, 0.3) is 0 Å². The fourth-order valence-corrected chi connectivity index (χ4v) is 4.60. The van der Waals surface area contributed by atoms with Crippen LogP contribution in [0.15, 0.2) is 12.1 Å². The lowest BCUT2D eigenvalue weighted by molar-refractivity contribution is 0.327. The van der Waals surface area contributed by atoms with Crippen molar-refractivity contribution in [3.63, 3.8) is 0 Å². The van der Waals surface area contributed by atoms with Crippen molar-refractivity contribution < 1.29 is 16.8 Å². The van der Waals surface area contributed by atoms with Crippen molar-refractivity contribution in [2.24, 2.45) is 0 Å². The van der Waals surface area contributed by atoms with Gasteiger partial charge in [0.15, 0.2) is 20.9 Å². The van der Waals surface area contributed by atoms with Crippen LogP contribution in [-0.4, -0.2) is 12.6 Å². The first-order valence-corrected chi connectivity index (χ1v) is 7.96. The largest absolute Gasteiger partial charge is 0.285 e. The fraction of sp³-hybridized carbons (Fsp3) is 0.400. The Balaban J connectivity index is 2.11. The van der Waals surface area contributed by atoms with E-state index in [0.29, 0.717) is 12.4 Å². The Bertz CT molecular complexity index is 589. The molecule has 1 aromatic rings. The molecule has 86 valence electrons. The summed E-state index contributed by atoms with van der Waals surface area (Å²) in [5.74, 6) is 0.602. The average Bonchev–Trinajstić information content (AvgIpc) is 2.47. The quantitative estimate of drug-likeness (QED) is 0.691. The monoisotopic (exact) mass is 258 g/mol. The first-order chi connectivity index (χ1) is 7.53. The summed E-state index contributed by atoms with van der Waals surface area (Å²) < 4.78 is 39.2. The molecule has 0 N–H and O–H groups in total. The van der Waals surface area contributed by atoms with Crippen LogP contribution in [0.2, 0.25) is 0 Å². The van der Waals surface area contributed by atoms with E-state index in [0.717, 1.165) is 22.3 Å². The summed E-state index contributed by atoms with van der Waals surface area (Å²) in [7, 11) is -2.97. The molecule has 1 unspecified atom stereocenters. The molecule has 0 radical (unpaired) electrons. The smallest absolute Gasteiger partial charge is 0.160 e. The van der Waals surface area contributed by atoms with Crippen molar-refractivity contribution >= 4 is 20.9 Å². The molecule has 2 aliphatic heterocycles. The molecule has 0 saturated heterocycles. The maximum absolute atomic E-state index is 11.5. The summed E-state index contributed by atoms with van der Waals surface area (Å²) in [6.45, 7) is 0.315. The van der Waals surface area contributed by atoms with E-state index in [1.54, 1.807) is 0 Å². The molecule has 0 aliphatic carbocycles. The van der Waals surface area contributed by atoms with Gasteiger partial charge < -0.3 is 0 Å². The maximum Gasteiger partial charge on any atom is 0.160 e. The summed E-state index contributed by atoms with van der Waals surface area (Å²) in [5.41, 5.74) is 3.66. The first kappa shape index (κ1) is 10.4. The van der Waals surface area contributed by atoms with Crippen LogP contribution < -0.4 is 0 Å². The van der Waals surface area contributed by atoms with Crippen LogP contribution in [0.25, 0.3) is 0 Å². The molecule has 0 aromatic heterocycles. The third kappa shape index (κ3) is 1.70. The number of sulfone groups is 1. The number of fused-ring (bicyclic) bond motifs is 2. The van der Waals surface area contributed by atoms with E-state index in [4.69, 9.17) is 4.18 Å². The van der Waals surface area contributed by atoms with Crippen molar-refractivity contribution in [2.75, 3.05) is 0 Å².